The van der Waals surface area contributed by atoms with Gasteiger partial charge in [0.25, 0.3) is 15.9 Å². The first-order valence-electron chi connectivity index (χ1n) is 6.23. The molecule has 2 aromatic carbocycles. The number of aryl methyl sites for hydroxylation is 2. The normalized spacial score (nSPS) is 11.1. The van der Waals surface area contributed by atoms with Crippen LogP contribution in [0, 0.1) is 13.8 Å². The van der Waals surface area contributed by atoms with Gasteiger partial charge in [-0.2, -0.15) is 0 Å². The second-order valence-electron chi connectivity index (χ2n) is 4.72. The van der Waals surface area contributed by atoms with Gasteiger partial charge in [-0.05, 0) is 37.6 Å². The lowest BCUT2D eigenvalue weighted by Crippen LogP contribution is -2.30. The monoisotopic (exact) mass is 305 g/mol. The van der Waals surface area contributed by atoms with Crippen LogP contribution in [-0.4, -0.2) is 19.4 Å². The highest BCUT2D eigenvalue weighted by Gasteiger charge is 2.22. The van der Waals surface area contributed by atoms with E-state index in [2.05, 4.69) is 0 Å². The largest absolute Gasteiger partial charge is 0.506 e. The van der Waals surface area contributed by atoms with E-state index in [1.165, 1.54) is 24.3 Å². The summed E-state index contributed by atoms with van der Waals surface area (Å²) in [5, 5.41) is 9.82. The number of amides is 1. The van der Waals surface area contributed by atoms with Crippen molar-refractivity contribution >= 4 is 15.9 Å². The minimum absolute atomic E-state index is 0.233. The molecule has 0 atom stereocenters. The molecule has 2 rings (SSSR count). The van der Waals surface area contributed by atoms with E-state index >= 15 is 0 Å². The number of hydrogen-bond donors (Lipinski definition) is 2. The molecule has 0 radical (unpaired) electrons. The second-order valence-corrected chi connectivity index (χ2v) is 6.37. The molecule has 0 spiro atoms. The fraction of sp³-hybridized carbons (Fsp3) is 0.133. The van der Waals surface area contributed by atoms with Gasteiger partial charge in [0.1, 0.15) is 10.6 Å². The lowest BCUT2D eigenvalue weighted by atomic mass is 10.1. The van der Waals surface area contributed by atoms with E-state index in [1.807, 2.05) is 11.6 Å². The van der Waals surface area contributed by atoms with Gasteiger partial charge in [-0.15, -0.1) is 0 Å². The quantitative estimate of drug-likeness (QED) is 0.910. The van der Waals surface area contributed by atoms with Crippen LogP contribution in [0.1, 0.15) is 21.5 Å². The molecule has 21 heavy (non-hydrogen) atoms. The SMILES string of the molecule is Cc1ccc(C(=O)NS(=O)(=O)c2cccc(C)c2O)cc1. The van der Waals surface area contributed by atoms with Gasteiger partial charge in [0, 0.05) is 5.56 Å². The first kappa shape index (κ1) is 15.1. The number of nitrogens with one attached hydrogen (secondary N) is 1. The van der Waals surface area contributed by atoms with Crippen molar-refractivity contribution in [3.63, 3.8) is 0 Å². The van der Waals surface area contributed by atoms with Crippen molar-refractivity contribution in [1.29, 1.82) is 0 Å². The average molecular weight is 305 g/mol. The van der Waals surface area contributed by atoms with Gasteiger partial charge < -0.3 is 5.11 Å². The van der Waals surface area contributed by atoms with E-state index in [4.69, 9.17) is 0 Å². The molecule has 0 heterocycles. The summed E-state index contributed by atoms with van der Waals surface area (Å²) in [6.07, 6.45) is 0. The number of rotatable bonds is 3. The summed E-state index contributed by atoms with van der Waals surface area (Å²) < 4.78 is 26.3. The number of phenolic OH excluding ortho intramolecular Hbond substituents is 1. The van der Waals surface area contributed by atoms with Crippen molar-refractivity contribution in [2.24, 2.45) is 0 Å². The summed E-state index contributed by atoms with van der Waals surface area (Å²) >= 11 is 0. The second kappa shape index (κ2) is 5.57. The third kappa shape index (κ3) is 3.22. The highest BCUT2D eigenvalue weighted by atomic mass is 32.2. The Labute approximate surface area is 123 Å². The van der Waals surface area contributed by atoms with Crippen LogP contribution in [-0.2, 0) is 10.0 Å². The highest BCUT2D eigenvalue weighted by molar-refractivity contribution is 7.90. The number of hydrogen-bond acceptors (Lipinski definition) is 4. The fourth-order valence-electron chi connectivity index (χ4n) is 1.79. The van der Waals surface area contributed by atoms with Gasteiger partial charge in [0.2, 0.25) is 0 Å². The summed E-state index contributed by atoms with van der Waals surface area (Å²) in [5.41, 5.74) is 1.61. The zero-order valence-electron chi connectivity index (χ0n) is 11.6. The summed E-state index contributed by atoms with van der Waals surface area (Å²) in [6.45, 7) is 3.44. The number of carbonyl (C=O) groups excluding carboxylic acids is 1. The number of carbonyl (C=O) groups is 1. The molecule has 0 aliphatic heterocycles. The molecule has 2 N–H and O–H groups in total. The molecule has 0 bridgehead atoms. The fourth-order valence-corrected chi connectivity index (χ4v) is 2.93. The van der Waals surface area contributed by atoms with Crippen molar-refractivity contribution in [2.75, 3.05) is 0 Å². The van der Waals surface area contributed by atoms with Crippen LogP contribution in [0.2, 0.25) is 0 Å². The predicted molar refractivity (Wildman–Crippen MR) is 78.7 cm³/mol. The molecular weight excluding hydrogens is 290 g/mol. The molecule has 2 aromatic rings. The lowest BCUT2D eigenvalue weighted by molar-refractivity contribution is 0.0981. The zero-order chi connectivity index (χ0) is 15.6. The number of para-hydroxylation sites is 1. The standard InChI is InChI=1S/C15H15NO4S/c1-10-6-8-12(9-7-10)15(18)16-21(19,20)13-5-3-4-11(2)14(13)17/h3-9,17H,1-2H3,(H,16,18). The minimum atomic E-state index is -4.12. The highest BCUT2D eigenvalue weighted by Crippen LogP contribution is 2.25. The van der Waals surface area contributed by atoms with Crippen LogP contribution in [0.3, 0.4) is 0 Å². The van der Waals surface area contributed by atoms with Crippen molar-refractivity contribution in [1.82, 2.24) is 4.72 Å². The van der Waals surface area contributed by atoms with Crippen molar-refractivity contribution in [3.8, 4) is 5.75 Å². The number of phenols is 1. The van der Waals surface area contributed by atoms with Crippen LogP contribution in [0.5, 0.6) is 5.75 Å². The van der Waals surface area contributed by atoms with Gasteiger partial charge in [-0.1, -0.05) is 29.8 Å². The van der Waals surface area contributed by atoms with E-state index in [1.54, 1.807) is 25.1 Å². The predicted octanol–water partition coefficient (Wildman–Crippen LogP) is 2.13. The molecule has 0 aliphatic rings. The van der Waals surface area contributed by atoms with Gasteiger partial charge in [0.05, 0.1) is 0 Å². The Morgan fingerprint density at radius 3 is 2.29 bits per heavy atom. The Morgan fingerprint density at radius 2 is 1.67 bits per heavy atom. The Morgan fingerprint density at radius 1 is 1.05 bits per heavy atom. The molecule has 0 saturated heterocycles. The van der Waals surface area contributed by atoms with E-state index < -0.39 is 15.9 Å². The Balaban J connectivity index is 2.31. The zero-order valence-corrected chi connectivity index (χ0v) is 12.4. The molecule has 110 valence electrons. The Bertz CT molecular complexity index is 780. The van der Waals surface area contributed by atoms with Gasteiger partial charge in [-0.25, -0.2) is 13.1 Å². The lowest BCUT2D eigenvalue weighted by Gasteiger charge is -2.10. The van der Waals surface area contributed by atoms with Gasteiger partial charge in [0.15, 0.2) is 0 Å². The minimum Gasteiger partial charge on any atom is -0.506 e. The first-order valence-corrected chi connectivity index (χ1v) is 7.72. The van der Waals surface area contributed by atoms with Crippen LogP contribution in [0.4, 0.5) is 0 Å². The molecule has 6 heteroatoms. The average Bonchev–Trinajstić information content (AvgIpc) is 2.41. The molecule has 0 unspecified atom stereocenters. The topological polar surface area (TPSA) is 83.5 Å². The number of sulfonamides is 1. The Hall–Kier alpha value is -2.34. The molecule has 1 amide bonds. The third-order valence-corrected chi connectivity index (χ3v) is 4.39. The number of aromatic hydroxyl groups is 1. The molecular formula is C15H15NO4S. The van der Waals surface area contributed by atoms with Gasteiger partial charge >= 0.3 is 0 Å². The Kier molecular flexibility index (Phi) is 3.99. The first-order chi connectivity index (χ1) is 9.81. The summed E-state index contributed by atoms with van der Waals surface area (Å²) in [7, 11) is -4.12. The molecule has 0 saturated carbocycles. The van der Waals surface area contributed by atoms with Gasteiger partial charge in [-0.3, -0.25) is 4.79 Å². The van der Waals surface area contributed by atoms with Crippen molar-refractivity contribution in [2.45, 2.75) is 18.7 Å². The van der Waals surface area contributed by atoms with Crippen LogP contribution < -0.4 is 4.72 Å². The summed E-state index contributed by atoms with van der Waals surface area (Å²) in [6, 6.07) is 10.8. The molecule has 0 aromatic heterocycles. The molecule has 5 nitrogen and oxygen atoms in total. The van der Waals surface area contributed by atoms with Crippen LogP contribution >= 0.6 is 0 Å². The van der Waals surface area contributed by atoms with E-state index in [0.717, 1.165) is 5.56 Å². The maximum atomic E-state index is 12.2. The number of benzene rings is 2. The van der Waals surface area contributed by atoms with E-state index in [9.17, 15) is 18.3 Å². The van der Waals surface area contributed by atoms with Crippen molar-refractivity contribution in [3.05, 3.63) is 59.2 Å². The van der Waals surface area contributed by atoms with Crippen molar-refractivity contribution < 1.29 is 18.3 Å². The van der Waals surface area contributed by atoms with E-state index in [0.29, 0.717) is 5.56 Å². The summed E-state index contributed by atoms with van der Waals surface area (Å²) in [4.78, 5) is 11.7. The maximum absolute atomic E-state index is 12.2. The maximum Gasteiger partial charge on any atom is 0.268 e. The molecule has 0 fully saturated rings. The van der Waals surface area contributed by atoms with Crippen LogP contribution in [0.25, 0.3) is 0 Å². The molecule has 0 aliphatic carbocycles. The summed E-state index contributed by atoms with van der Waals surface area (Å²) in [5.74, 6) is -1.10. The third-order valence-electron chi connectivity index (χ3n) is 3.03. The van der Waals surface area contributed by atoms with E-state index in [-0.39, 0.29) is 16.2 Å². The van der Waals surface area contributed by atoms with Crippen LogP contribution in [0.15, 0.2) is 47.4 Å². The smallest absolute Gasteiger partial charge is 0.268 e.